The highest BCUT2D eigenvalue weighted by Crippen LogP contribution is 2.29. The Morgan fingerprint density at radius 2 is 2.22 bits per heavy atom. The second kappa shape index (κ2) is 6.69. The molecule has 3 unspecified atom stereocenters. The molecule has 2 nitrogen and oxygen atoms in total. The van der Waals surface area contributed by atoms with Crippen molar-refractivity contribution in [3.8, 4) is 0 Å². The Bertz CT molecular complexity index is 383. The normalized spacial score (nSPS) is 25.9. The van der Waals surface area contributed by atoms with Crippen LogP contribution in [0.15, 0.2) is 28.7 Å². The lowest BCUT2D eigenvalue weighted by molar-refractivity contribution is 0.135. The van der Waals surface area contributed by atoms with Crippen molar-refractivity contribution in [1.29, 1.82) is 0 Å². The summed E-state index contributed by atoms with van der Waals surface area (Å²) in [6.45, 7) is 3.35. The monoisotopic (exact) mass is 311 g/mol. The molecule has 0 bridgehead atoms. The summed E-state index contributed by atoms with van der Waals surface area (Å²) in [5, 5.41) is 13.9. The molecule has 0 spiro atoms. The molecule has 3 atom stereocenters. The molecule has 18 heavy (non-hydrogen) atoms. The van der Waals surface area contributed by atoms with E-state index in [1.807, 2.05) is 24.3 Å². The van der Waals surface area contributed by atoms with E-state index in [-0.39, 0.29) is 6.10 Å². The highest BCUT2D eigenvalue weighted by atomic mass is 79.9. The Morgan fingerprint density at radius 3 is 2.94 bits per heavy atom. The van der Waals surface area contributed by atoms with Gasteiger partial charge in [-0.15, -0.1) is 0 Å². The van der Waals surface area contributed by atoms with Gasteiger partial charge in [-0.1, -0.05) is 47.5 Å². The Balaban J connectivity index is 1.95. The third-order valence-corrected chi connectivity index (χ3v) is 4.67. The first kappa shape index (κ1) is 14.0. The number of piperidine rings is 1. The predicted octanol–water partition coefficient (Wildman–Crippen LogP) is 3.65. The SMILES string of the molecule is CCC1CCNC(CC(O)c2ccccc2Br)C1. The summed E-state index contributed by atoms with van der Waals surface area (Å²) in [4.78, 5) is 0. The van der Waals surface area contributed by atoms with Crippen LogP contribution in [0.25, 0.3) is 0 Å². The van der Waals surface area contributed by atoms with Gasteiger partial charge in [0.25, 0.3) is 0 Å². The highest BCUT2D eigenvalue weighted by molar-refractivity contribution is 9.10. The van der Waals surface area contributed by atoms with E-state index in [0.717, 1.165) is 28.9 Å². The Morgan fingerprint density at radius 1 is 1.44 bits per heavy atom. The molecule has 3 heteroatoms. The lowest BCUT2D eigenvalue weighted by Crippen LogP contribution is -2.38. The largest absolute Gasteiger partial charge is 0.388 e. The second-order valence-corrected chi connectivity index (χ2v) is 6.08. The van der Waals surface area contributed by atoms with Crippen molar-refractivity contribution < 1.29 is 5.11 Å². The van der Waals surface area contributed by atoms with Crippen LogP contribution >= 0.6 is 15.9 Å². The summed E-state index contributed by atoms with van der Waals surface area (Å²) in [5.74, 6) is 0.822. The molecule has 0 aromatic heterocycles. The van der Waals surface area contributed by atoms with E-state index in [2.05, 4.69) is 28.2 Å². The van der Waals surface area contributed by atoms with Crippen LogP contribution in [0.4, 0.5) is 0 Å². The van der Waals surface area contributed by atoms with Crippen molar-refractivity contribution in [1.82, 2.24) is 5.32 Å². The first-order valence-electron chi connectivity index (χ1n) is 6.86. The van der Waals surface area contributed by atoms with E-state index in [4.69, 9.17) is 0 Å². The van der Waals surface area contributed by atoms with Crippen LogP contribution in [0.5, 0.6) is 0 Å². The zero-order chi connectivity index (χ0) is 13.0. The van der Waals surface area contributed by atoms with Gasteiger partial charge in [0.1, 0.15) is 0 Å². The van der Waals surface area contributed by atoms with Crippen LogP contribution in [-0.4, -0.2) is 17.7 Å². The quantitative estimate of drug-likeness (QED) is 0.889. The van der Waals surface area contributed by atoms with Crippen molar-refractivity contribution in [2.45, 2.75) is 44.8 Å². The van der Waals surface area contributed by atoms with Crippen molar-refractivity contribution >= 4 is 15.9 Å². The summed E-state index contributed by atoms with van der Waals surface area (Å²) in [6.07, 6.45) is 4.15. The maximum absolute atomic E-state index is 10.3. The Kier molecular flexibility index (Phi) is 5.22. The molecule has 2 N–H and O–H groups in total. The van der Waals surface area contributed by atoms with E-state index < -0.39 is 0 Å². The minimum atomic E-state index is -0.381. The molecular weight excluding hydrogens is 290 g/mol. The summed E-state index contributed by atoms with van der Waals surface area (Å²) in [6, 6.07) is 8.39. The van der Waals surface area contributed by atoms with Crippen LogP contribution in [0.2, 0.25) is 0 Å². The fraction of sp³-hybridized carbons (Fsp3) is 0.600. The number of aliphatic hydroxyl groups is 1. The van der Waals surface area contributed by atoms with E-state index >= 15 is 0 Å². The molecule has 2 rings (SSSR count). The van der Waals surface area contributed by atoms with Crippen LogP contribution in [0.1, 0.15) is 44.3 Å². The number of halogens is 1. The number of nitrogens with one attached hydrogen (secondary N) is 1. The molecule has 1 fully saturated rings. The highest BCUT2D eigenvalue weighted by Gasteiger charge is 2.23. The van der Waals surface area contributed by atoms with E-state index in [9.17, 15) is 5.11 Å². The van der Waals surface area contributed by atoms with E-state index in [0.29, 0.717) is 6.04 Å². The summed E-state index contributed by atoms with van der Waals surface area (Å²) in [5.41, 5.74) is 0.998. The lowest BCUT2D eigenvalue weighted by Gasteiger charge is -2.31. The molecule has 1 aromatic rings. The third-order valence-electron chi connectivity index (χ3n) is 3.95. The molecular formula is C15H22BrNO. The average Bonchev–Trinajstić information content (AvgIpc) is 2.39. The lowest BCUT2D eigenvalue weighted by atomic mass is 9.87. The molecule has 1 saturated heterocycles. The number of rotatable bonds is 4. The zero-order valence-corrected chi connectivity index (χ0v) is 12.5. The van der Waals surface area contributed by atoms with Crippen molar-refractivity contribution in [2.75, 3.05) is 6.54 Å². The smallest absolute Gasteiger partial charge is 0.0815 e. The van der Waals surface area contributed by atoms with E-state index in [1.54, 1.807) is 0 Å². The molecule has 1 aliphatic heterocycles. The van der Waals surface area contributed by atoms with Crippen molar-refractivity contribution in [3.63, 3.8) is 0 Å². The van der Waals surface area contributed by atoms with Gasteiger partial charge in [0.2, 0.25) is 0 Å². The standard InChI is InChI=1S/C15H22BrNO/c1-2-11-7-8-17-12(9-11)10-15(18)13-5-3-4-6-14(13)16/h3-6,11-12,15,17-18H,2,7-10H2,1H3. The molecule has 1 aromatic carbocycles. The minimum absolute atomic E-state index is 0.381. The number of hydrogen-bond acceptors (Lipinski definition) is 2. The molecule has 0 saturated carbocycles. The summed E-state index contributed by atoms with van der Waals surface area (Å²) in [7, 11) is 0. The molecule has 0 radical (unpaired) electrons. The fourth-order valence-electron chi connectivity index (χ4n) is 2.79. The maximum Gasteiger partial charge on any atom is 0.0815 e. The zero-order valence-electron chi connectivity index (χ0n) is 10.9. The van der Waals surface area contributed by atoms with Crippen LogP contribution < -0.4 is 5.32 Å². The molecule has 0 amide bonds. The average molecular weight is 312 g/mol. The summed E-state index contributed by atoms with van der Waals surface area (Å²) >= 11 is 3.51. The third kappa shape index (κ3) is 3.56. The van der Waals surface area contributed by atoms with Gasteiger partial charge >= 0.3 is 0 Å². The number of aliphatic hydroxyl groups excluding tert-OH is 1. The summed E-state index contributed by atoms with van der Waals surface area (Å²) < 4.78 is 1.00. The van der Waals surface area contributed by atoms with Gasteiger partial charge in [-0.3, -0.25) is 0 Å². The second-order valence-electron chi connectivity index (χ2n) is 5.22. The molecule has 0 aliphatic carbocycles. The Labute approximate surface area is 118 Å². The molecule has 100 valence electrons. The minimum Gasteiger partial charge on any atom is -0.388 e. The van der Waals surface area contributed by atoms with Gasteiger partial charge in [0.05, 0.1) is 6.10 Å². The molecule has 1 aliphatic rings. The predicted molar refractivity (Wildman–Crippen MR) is 78.5 cm³/mol. The van der Waals surface area contributed by atoms with Gasteiger partial charge in [-0.2, -0.15) is 0 Å². The van der Waals surface area contributed by atoms with Crippen LogP contribution in [-0.2, 0) is 0 Å². The molecule has 1 heterocycles. The van der Waals surface area contributed by atoms with Crippen LogP contribution in [0.3, 0.4) is 0 Å². The van der Waals surface area contributed by atoms with Gasteiger partial charge in [-0.05, 0) is 43.4 Å². The van der Waals surface area contributed by atoms with Crippen LogP contribution in [0, 0.1) is 5.92 Å². The van der Waals surface area contributed by atoms with Gasteiger partial charge in [0.15, 0.2) is 0 Å². The topological polar surface area (TPSA) is 32.3 Å². The number of hydrogen-bond donors (Lipinski definition) is 2. The van der Waals surface area contributed by atoms with Crippen molar-refractivity contribution in [3.05, 3.63) is 34.3 Å². The van der Waals surface area contributed by atoms with Gasteiger partial charge in [-0.25, -0.2) is 0 Å². The first-order valence-corrected chi connectivity index (χ1v) is 7.66. The maximum atomic E-state index is 10.3. The fourth-order valence-corrected chi connectivity index (χ4v) is 3.34. The first-order chi connectivity index (χ1) is 8.70. The Hall–Kier alpha value is -0.380. The van der Waals surface area contributed by atoms with Crippen molar-refractivity contribution in [2.24, 2.45) is 5.92 Å². The van der Waals surface area contributed by atoms with Gasteiger partial charge < -0.3 is 10.4 Å². The van der Waals surface area contributed by atoms with Gasteiger partial charge in [0, 0.05) is 10.5 Å². The van der Waals surface area contributed by atoms with E-state index in [1.165, 1.54) is 19.3 Å². The number of benzene rings is 1.